The molecule has 1 heterocycles. The van der Waals surface area contributed by atoms with Crippen molar-refractivity contribution in [2.45, 2.75) is 51.5 Å². The number of carboxylic acid groups (broad SMARTS) is 1. The van der Waals surface area contributed by atoms with Gasteiger partial charge in [-0.05, 0) is 31.4 Å². The molecule has 3 nitrogen and oxygen atoms in total. The largest absolute Gasteiger partial charge is 0.481 e. The maximum Gasteiger partial charge on any atom is 0.303 e. The molecule has 2 rings (SSSR count). The van der Waals surface area contributed by atoms with Gasteiger partial charge in [0.25, 0.3) is 0 Å². The fourth-order valence-corrected chi connectivity index (χ4v) is 2.96. The molecule has 0 spiro atoms. The van der Waals surface area contributed by atoms with Crippen LogP contribution in [0.4, 0.5) is 5.69 Å². The van der Waals surface area contributed by atoms with Crippen LogP contribution in [0.5, 0.6) is 0 Å². The first-order chi connectivity index (χ1) is 8.94. The van der Waals surface area contributed by atoms with E-state index in [1.165, 1.54) is 11.3 Å². The highest BCUT2D eigenvalue weighted by Crippen LogP contribution is 2.44. The highest BCUT2D eigenvalue weighted by molar-refractivity contribution is 5.66. The van der Waals surface area contributed by atoms with Gasteiger partial charge in [-0.3, -0.25) is 4.79 Å². The molecule has 3 heteroatoms. The van der Waals surface area contributed by atoms with Crippen LogP contribution in [0.25, 0.3) is 0 Å². The highest BCUT2D eigenvalue weighted by atomic mass is 16.4. The van der Waals surface area contributed by atoms with Crippen LogP contribution in [0.1, 0.15) is 45.6 Å². The molecule has 1 aromatic rings. The predicted octanol–water partition coefficient (Wildman–Crippen LogP) is 3.43. The Kier molecular flexibility index (Phi) is 3.83. The van der Waals surface area contributed by atoms with Gasteiger partial charge in [0, 0.05) is 30.1 Å². The zero-order valence-corrected chi connectivity index (χ0v) is 12.0. The van der Waals surface area contributed by atoms with Gasteiger partial charge in [0.05, 0.1) is 0 Å². The molecule has 1 unspecified atom stereocenters. The molecule has 0 saturated heterocycles. The first kappa shape index (κ1) is 13.9. The summed E-state index contributed by atoms with van der Waals surface area (Å²) in [7, 11) is 0. The lowest BCUT2D eigenvalue weighted by Gasteiger charge is -2.31. The quantitative estimate of drug-likeness (QED) is 0.826. The van der Waals surface area contributed by atoms with Crippen molar-refractivity contribution >= 4 is 11.7 Å². The Labute approximate surface area is 115 Å². The number of carbonyl (C=O) groups is 1. The summed E-state index contributed by atoms with van der Waals surface area (Å²) < 4.78 is 0. The number of nitrogens with zero attached hydrogens (tertiary/aromatic N) is 1. The van der Waals surface area contributed by atoms with E-state index in [1.807, 2.05) is 0 Å². The normalized spacial score (nSPS) is 20.4. The Bertz CT molecular complexity index is 468. The molecule has 104 valence electrons. The average molecular weight is 261 g/mol. The predicted molar refractivity (Wildman–Crippen MR) is 77.8 cm³/mol. The Morgan fingerprint density at radius 1 is 1.32 bits per heavy atom. The van der Waals surface area contributed by atoms with Crippen molar-refractivity contribution in [2.24, 2.45) is 0 Å². The van der Waals surface area contributed by atoms with E-state index in [2.05, 4.69) is 49.9 Å². The number of anilines is 1. The Morgan fingerprint density at radius 2 is 2.00 bits per heavy atom. The van der Waals surface area contributed by atoms with Gasteiger partial charge >= 0.3 is 5.97 Å². The molecular formula is C16H23NO2. The minimum Gasteiger partial charge on any atom is -0.481 e. The monoisotopic (exact) mass is 261 g/mol. The molecule has 19 heavy (non-hydrogen) atoms. The molecule has 1 aliphatic rings. The van der Waals surface area contributed by atoms with Crippen molar-refractivity contribution in [1.82, 2.24) is 0 Å². The molecule has 0 saturated carbocycles. The second-order valence-electron chi connectivity index (χ2n) is 5.96. The number of hydrogen-bond donors (Lipinski definition) is 1. The lowest BCUT2D eigenvalue weighted by Crippen LogP contribution is -2.39. The maximum atomic E-state index is 10.5. The zero-order valence-electron chi connectivity index (χ0n) is 12.0. The van der Waals surface area contributed by atoms with Gasteiger partial charge in [0.2, 0.25) is 0 Å². The standard InChI is InChI=1S/C16H23NO2/c1-12-16(2,3)13-8-4-5-9-14(13)17(12)11-7-6-10-15(18)19/h4-5,8-9,12H,6-7,10-11H2,1-3H3,(H,18,19). The summed E-state index contributed by atoms with van der Waals surface area (Å²) in [4.78, 5) is 13.0. The van der Waals surface area contributed by atoms with Crippen LogP contribution < -0.4 is 4.90 Å². The Balaban J connectivity index is 2.07. The minimum absolute atomic E-state index is 0.156. The van der Waals surface area contributed by atoms with Crippen LogP contribution in [0, 0.1) is 0 Å². The highest BCUT2D eigenvalue weighted by Gasteiger charge is 2.40. The molecule has 0 aromatic heterocycles. The molecule has 0 fully saturated rings. The number of hydrogen-bond acceptors (Lipinski definition) is 2. The van der Waals surface area contributed by atoms with Crippen LogP contribution in [0.3, 0.4) is 0 Å². The van der Waals surface area contributed by atoms with Gasteiger partial charge in [-0.1, -0.05) is 32.0 Å². The SMILES string of the molecule is CC1N(CCCCC(=O)O)c2ccccc2C1(C)C. The number of benzene rings is 1. The van der Waals surface area contributed by atoms with Crippen LogP contribution in [-0.2, 0) is 10.2 Å². The van der Waals surface area contributed by atoms with E-state index in [1.54, 1.807) is 0 Å². The summed E-state index contributed by atoms with van der Waals surface area (Å²) >= 11 is 0. The summed E-state index contributed by atoms with van der Waals surface area (Å²) in [6, 6.07) is 9.02. The van der Waals surface area contributed by atoms with Crippen LogP contribution in [0.2, 0.25) is 0 Å². The van der Waals surface area contributed by atoms with E-state index in [0.29, 0.717) is 6.04 Å². The number of carboxylic acids is 1. The third kappa shape index (κ3) is 2.60. The van der Waals surface area contributed by atoms with E-state index in [-0.39, 0.29) is 11.8 Å². The van der Waals surface area contributed by atoms with Gasteiger partial charge in [-0.15, -0.1) is 0 Å². The summed E-state index contributed by atoms with van der Waals surface area (Å²) in [5.41, 5.74) is 2.87. The average Bonchev–Trinajstić information content (AvgIpc) is 2.55. The zero-order chi connectivity index (χ0) is 14.0. The molecule has 1 atom stereocenters. The molecule has 0 bridgehead atoms. The lowest BCUT2D eigenvalue weighted by molar-refractivity contribution is -0.137. The third-order valence-electron chi connectivity index (χ3n) is 4.46. The van der Waals surface area contributed by atoms with Gasteiger partial charge in [-0.2, -0.15) is 0 Å². The van der Waals surface area contributed by atoms with Crippen LogP contribution in [0.15, 0.2) is 24.3 Å². The van der Waals surface area contributed by atoms with E-state index < -0.39 is 5.97 Å². The van der Waals surface area contributed by atoms with Crippen molar-refractivity contribution in [3.8, 4) is 0 Å². The number of unbranched alkanes of at least 4 members (excludes halogenated alkanes) is 1. The molecular weight excluding hydrogens is 238 g/mol. The Hall–Kier alpha value is -1.51. The first-order valence-electron chi connectivity index (χ1n) is 7.02. The molecule has 1 aliphatic heterocycles. The summed E-state index contributed by atoms with van der Waals surface area (Å²) in [6.45, 7) is 7.77. The van der Waals surface area contributed by atoms with Gasteiger partial charge < -0.3 is 10.0 Å². The lowest BCUT2D eigenvalue weighted by atomic mass is 9.81. The van der Waals surface area contributed by atoms with Crippen molar-refractivity contribution in [1.29, 1.82) is 0 Å². The second-order valence-corrected chi connectivity index (χ2v) is 5.96. The number of fused-ring (bicyclic) bond motifs is 1. The van der Waals surface area contributed by atoms with E-state index >= 15 is 0 Å². The van der Waals surface area contributed by atoms with Gasteiger partial charge in [-0.25, -0.2) is 0 Å². The summed E-state index contributed by atoms with van der Waals surface area (Å²) in [5, 5.41) is 8.68. The summed E-state index contributed by atoms with van der Waals surface area (Å²) in [5.74, 6) is -0.699. The Morgan fingerprint density at radius 3 is 2.68 bits per heavy atom. The van der Waals surface area contributed by atoms with Crippen molar-refractivity contribution in [3.05, 3.63) is 29.8 Å². The van der Waals surface area contributed by atoms with E-state index in [4.69, 9.17) is 5.11 Å². The molecule has 0 amide bonds. The fourth-order valence-electron chi connectivity index (χ4n) is 2.96. The topological polar surface area (TPSA) is 40.5 Å². The molecule has 0 radical (unpaired) electrons. The smallest absolute Gasteiger partial charge is 0.303 e. The maximum absolute atomic E-state index is 10.5. The molecule has 1 aromatic carbocycles. The fraction of sp³-hybridized carbons (Fsp3) is 0.562. The van der Waals surface area contributed by atoms with E-state index in [0.717, 1.165) is 19.4 Å². The van der Waals surface area contributed by atoms with Crippen LogP contribution in [-0.4, -0.2) is 23.7 Å². The molecule has 1 N–H and O–H groups in total. The number of rotatable bonds is 5. The van der Waals surface area contributed by atoms with Crippen molar-refractivity contribution in [3.63, 3.8) is 0 Å². The number of para-hydroxylation sites is 1. The van der Waals surface area contributed by atoms with E-state index in [9.17, 15) is 4.79 Å². The molecule has 0 aliphatic carbocycles. The number of aliphatic carboxylic acids is 1. The second kappa shape index (κ2) is 5.24. The van der Waals surface area contributed by atoms with Crippen molar-refractivity contribution < 1.29 is 9.90 Å². The first-order valence-corrected chi connectivity index (χ1v) is 7.02. The van der Waals surface area contributed by atoms with Gasteiger partial charge in [0.15, 0.2) is 0 Å². The third-order valence-corrected chi connectivity index (χ3v) is 4.46. The minimum atomic E-state index is -0.699. The van der Waals surface area contributed by atoms with Gasteiger partial charge in [0.1, 0.15) is 0 Å². The van der Waals surface area contributed by atoms with Crippen LogP contribution >= 0.6 is 0 Å². The summed E-state index contributed by atoms with van der Waals surface area (Å²) in [6.07, 6.45) is 1.95. The van der Waals surface area contributed by atoms with Crippen molar-refractivity contribution in [2.75, 3.05) is 11.4 Å².